The first-order valence-electron chi connectivity index (χ1n) is 4.83. The Morgan fingerprint density at radius 1 is 1.08 bits per heavy atom. The van der Waals surface area contributed by atoms with Crippen LogP contribution >= 0.6 is 11.6 Å². The lowest BCUT2D eigenvalue weighted by molar-refractivity contribution is 0.0353. The monoisotopic (exact) mass is 187 g/mol. The molecule has 2 rings (SSSR count). The zero-order valence-electron chi connectivity index (χ0n) is 7.27. The van der Waals surface area contributed by atoms with E-state index in [2.05, 4.69) is 0 Å². The van der Waals surface area contributed by atoms with Crippen molar-refractivity contribution in [1.29, 1.82) is 0 Å². The summed E-state index contributed by atoms with van der Waals surface area (Å²) in [4.78, 5) is 0. The highest BCUT2D eigenvalue weighted by atomic mass is 35.5. The second-order valence-corrected chi connectivity index (χ2v) is 4.43. The first kappa shape index (κ1) is 8.58. The summed E-state index contributed by atoms with van der Waals surface area (Å²) in [6, 6.07) is 0. The van der Waals surface area contributed by atoms with Crippen molar-refractivity contribution in [3.05, 3.63) is 10.6 Å². The van der Waals surface area contributed by atoms with Gasteiger partial charge in [0.15, 0.2) is 0 Å². The number of aliphatic hydroxyl groups is 1. The minimum Gasteiger partial charge on any atom is -0.385 e. The van der Waals surface area contributed by atoms with Crippen LogP contribution in [-0.4, -0.2) is 10.7 Å². The third-order valence-electron chi connectivity index (χ3n) is 3.14. The van der Waals surface area contributed by atoms with Gasteiger partial charge in [0.05, 0.1) is 5.60 Å². The van der Waals surface area contributed by atoms with Gasteiger partial charge < -0.3 is 5.11 Å². The molecule has 0 radical (unpaired) electrons. The molecule has 1 saturated carbocycles. The molecule has 2 aliphatic carbocycles. The Kier molecular flexibility index (Phi) is 2.18. The molecule has 0 aromatic carbocycles. The van der Waals surface area contributed by atoms with E-state index in [0.717, 1.165) is 49.1 Å². The zero-order chi connectivity index (χ0) is 8.60. The Morgan fingerprint density at radius 3 is 2.58 bits per heavy atom. The number of rotatable bonds is 0. The van der Waals surface area contributed by atoms with Crippen LogP contribution < -0.4 is 0 Å². The van der Waals surface area contributed by atoms with Crippen LogP contribution in [0.3, 0.4) is 0 Å². The lowest BCUT2D eigenvalue weighted by Gasteiger charge is -2.38. The molecule has 2 heteroatoms. The molecule has 0 bridgehead atoms. The Morgan fingerprint density at radius 2 is 1.83 bits per heavy atom. The SMILES string of the molecule is OC12CCCCC1=[13C](Cl)CCC2. The Hall–Kier alpha value is -0.0100. The topological polar surface area (TPSA) is 20.2 Å². The maximum Gasteiger partial charge on any atom is 0.0871 e. The van der Waals surface area contributed by atoms with Crippen molar-refractivity contribution in [2.75, 3.05) is 0 Å². The fourth-order valence-electron chi connectivity index (χ4n) is 2.45. The predicted molar refractivity (Wildman–Crippen MR) is 50.1 cm³/mol. The van der Waals surface area contributed by atoms with Gasteiger partial charge >= 0.3 is 0 Å². The van der Waals surface area contributed by atoms with Gasteiger partial charge in [0.2, 0.25) is 0 Å². The molecular weight excluding hydrogens is 173 g/mol. The predicted octanol–water partition coefficient (Wildman–Crippen LogP) is 2.97. The summed E-state index contributed by atoms with van der Waals surface area (Å²) in [5.41, 5.74) is 0.648. The van der Waals surface area contributed by atoms with Gasteiger partial charge in [-0.25, -0.2) is 0 Å². The van der Waals surface area contributed by atoms with Crippen molar-refractivity contribution in [2.24, 2.45) is 0 Å². The molecule has 1 N–H and O–H groups in total. The number of fused-ring (bicyclic) bond motifs is 1. The molecule has 0 saturated heterocycles. The van der Waals surface area contributed by atoms with E-state index in [1.54, 1.807) is 0 Å². The molecule has 0 spiro atoms. The number of hydrogen-bond acceptors (Lipinski definition) is 1. The lowest BCUT2D eigenvalue weighted by Crippen LogP contribution is -2.36. The standard InChI is InChI=1S/C10H15ClO/c11-9-5-3-7-10(12)6-2-1-4-8(9)10/h12H,1-7H2/i9+1. The first-order valence-corrected chi connectivity index (χ1v) is 5.20. The quantitative estimate of drug-likeness (QED) is 0.579. The van der Waals surface area contributed by atoms with Crippen LogP contribution in [0.2, 0.25) is 0 Å². The van der Waals surface area contributed by atoms with Crippen LogP contribution in [-0.2, 0) is 0 Å². The molecule has 0 aliphatic heterocycles. The molecule has 0 aromatic heterocycles. The highest BCUT2D eigenvalue weighted by Crippen LogP contribution is 2.44. The van der Waals surface area contributed by atoms with Gasteiger partial charge in [0.25, 0.3) is 0 Å². The maximum atomic E-state index is 10.2. The molecule has 0 aromatic rings. The Bertz CT molecular complexity index is 222. The van der Waals surface area contributed by atoms with Gasteiger partial charge in [-0.05, 0) is 50.5 Å². The first-order chi connectivity index (χ1) is 5.72. The number of allylic oxidation sites excluding steroid dienone is 1. The Balaban J connectivity index is 2.31. The summed E-state index contributed by atoms with van der Waals surface area (Å²) in [7, 11) is 0. The molecule has 68 valence electrons. The van der Waals surface area contributed by atoms with Gasteiger partial charge in [0, 0.05) is 5.03 Å². The van der Waals surface area contributed by atoms with Crippen LogP contribution in [0.25, 0.3) is 0 Å². The third kappa shape index (κ3) is 1.29. The van der Waals surface area contributed by atoms with E-state index in [1.807, 2.05) is 0 Å². The zero-order valence-corrected chi connectivity index (χ0v) is 8.03. The molecule has 2 aliphatic rings. The van der Waals surface area contributed by atoms with Crippen molar-refractivity contribution in [2.45, 2.75) is 50.5 Å². The van der Waals surface area contributed by atoms with Crippen molar-refractivity contribution in [3.8, 4) is 0 Å². The van der Waals surface area contributed by atoms with E-state index in [1.165, 1.54) is 6.42 Å². The summed E-state index contributed by atoms with van der Waals surface area (Å²) in [6.07, 6.45) is 7.28. The summed E-state index contributed by atoms with van der Waals surface area (Å²) in [5.74, 6) is 0. The second kappa shape index (κ2) is 3.04. The van der Waals surface area contributed by atoms with Crippen molar-refractivity contribution < 1.29 is 5.11 Å². The fraction of sp³-hybridized carbons (Fsp3) is 0.800. The van der Waals surface area contributed by atoms with Crippen LogP contribution in [0.5, 0.6) is 0 Å². The van der Waals surface area contributed by atoms with Crippen molar-refractivity contribution in [3.63, 3.8) is 0 Å². The second-order valence-electron chi connectivity index (χ2n) is 3.98. The van der Waals surface area contributed by atoms with Crippen LogP contribution in [0, 0.1) is 0 Å². The van der Waals surface area contributed by atoms with E-state index in [-0.39, 0.29) is 0 Å². The van der Waals surface area contributed by atoms with Gasteiger partial charge in [-0.15, -0.1) is 0 Å². The molecule has 12 heavy (non-hydrogen) atoms. The third-order valence-corrected chi connectivity index (χ3v) is 3.56. The minimum atomic E-state index is -0.506. The summed E-state index contributed by atoms with van der Waals surface area (Å²) in [6.45, 7) is 0. The molecule has 0 amide bonds. The molecule has 0 heterocycles. The number of halogens is 1. The van der Waals surface area contributed by atoms with Crippen molar-refractivity contribution >= 4 is 11.6 Å². The molecule has 1 unspecified atom stereocenters. The molecular formula is C10H15ClO. The van der Waals surface area contributed by atoms with Crippen molar-refractivity contribution in [1.82, 2.24) is 0 Å². The van der Waals surface area contributed by atoms with Gasteiger partial charge in [-0.2, -0.15) is 0 Å². The largest absolute Gasteiger partial charge is 0.385 e. The summed E-state index contributed by atoms with van der Waals surface area (Å²) >= 11 is 6.10. The fourth-order valence-corrected chi connectivity index (χ4v) is 2.86. The average Bonchev–Trinajstić information content (AvgIpc) is 2.04. The average molecular weight is 188 g/mol. The Labute approximate surface area is 78.4 Å². The van der Waals surface area contributed by atoms with Crippen LogP contribution in [0.1, 0.15) is 44.9 Å². The summed E-state index contributed by atoms with van der Waals surface area (Å²) in [5, 5.41) is 11.2. The highest BCUT2D eigenvalue weighted by Gasteiger charge is 2.37. The van der Waals surface area contributed by atoms with E-state index in [4.69, 9.17) is 11.6 Å². The summed E-state index contributed by atoms with van der Waals surface area (Å²) < 4.78 is 0. The molecule has 1 atom stereocenters. The van der Waals surface area contributed by atoms with E-state index in [0.29, 0.717) is 0 Å². The highest BCUT2D eigenvalue weighted by molar-refractivity contribution is 6.30. The van der Waals surface area contributed by atoms with Gasteiger partial charge in [-0.3, -0.25) is 0 Å². The van der Waals surface area contributed by atoms with E-state index < -0.39 is 5.60 Å². The molecule has 1 nitrogen and oxygen atoms in total. The van der Waals surface area contributed by atoms with E-state index >= 15 is 0 Å². The molecule has 1 fully saturated rings. The van der Waals surface area contributed by atoms with E-state index in [9.17, 15) is 5.11 Å². The van der Waals surface area contributed by atoms with Gasteiger partial charge in [0.1, 0.15) is 0 Å². The normalized spacial score (nSPS) is 36.5. The van der Waals surface area contributed by atoms with Gasteiger partial charge in [-0.1, -0.05) is 11.6 Å². The van der Waals surface area contributed by atoms with Crippen LogP contribution in [0.4, 0.5) is 0 Å². The number of hydrogen-bond donors (Lipinski definition) is 1. The lowest BCUT2D eigenvalue weighted by atomic mass is 9.77. The van der Waals surface area contributed by atoms with Crippen LogP contribution in [0.15, 0.2) is 10.6 Å². The maximum absolute atomic E-state index is 10.2. The minimum absolute atomic E-state index is 0.506. The smallest absolute Gasteiger partial charge is 0.0871 e.